The Labute approximate surface area is 245 Å². The van der Waals surface area contributed by atoms with E-state index in [1.807, 2.05) is 46.2 Å². The summed E-state index contributed by atoms with van der Waals surface area (Å²) in [6.07, 6.45) is 10.1. The molecule has 2 atom stereocenters. The van der Waals surface area contributed by atoms with E-state index in [0.717, 1.165) is 83.6 Å². The molecule has 2 aromatic heterocycles. The summed E-state index contributed by atoms with van der Waals surface area (Å²) in [6, 6.07) is 12.2. The van der Waals surface area contributed by atoms with Crippen LogP contribution in [0.2, 0.25) is 0 Å². The van der Waals surface area contributed by atoms with Crippen LogP contribution in [0.1, 0.15) is 99.1 Å². The van der Waals surface area contributed by atoms with Crippen molar-refractivity contribution >= 4 is 33.9 Å². The molecule has 8 heteroatoms. The van der Waals surface area contributed by atoms with Gasteiger partial charge in [-0.1, -0.05) is 11.8 Å². The molecular weight excluding hydrogens is 524 g/mol. The van der Waals surface area contributed by atoms with Gasteiger partial charge in [0, 0.05) is 37.1 Å². The number of aromatic nitrogens is 4. The molecular formula is C34H36N6O2. The van der Waals surface area contributed by atoms with Crippen LogP contribution in [0.15, 0.2) is 36.4 Å². The number of likely N-dealkylation sites (tertiary alicyclic amines) is 2. The average molecular weight is 561 g/mol. The van der Waals surface area contributed by atoms with E-state index in [2.05, 4.69) is 21.8 Å². The number of amides is 2. The maximum absolute atomic E-state index is 12.8. The third kappa shape index (κ3) is 5.06. The van der Waals surface area contributed by atoms with Crippen LogP contribution in [0.5, 0.6) is 0 Å². The molecule has 4 aliphatic rings. The summed E-state index contributed by atoms with van der Waals surface area (Å²) in [6.45, 7) is 1.65. The van der Waals surface area contributed by atoms with E-state index in [-0.39, 0.29) is 23.9 Å². The van der Waals surface area contributed by atoms with Crippen LogP contribution < -0.4 is 0 Å². The first-order valence-corrected chi connectivity index (χ1v) is 15.7. The van der Waals surface area contributed by atoms with Crippen molar-refractivity contribution in [2.45, 2.75) is 76.3 Å². The fourth-order valence-electron chi connectivity index (χ4n) is 6.74. The molecule has 0 spiro atoms. The molecule has 2 N–H and O–H groups in total. The lowest BCUT2D eigenvalue weighted by molar-refractivity contribution is -0.133. The number of carbonyl (C=O) groups is 2. The van der Waals surface area contributed by atoms with E-state index in [4.69, 9.17) is 9.97 Å². The number of fused-ring (bicyclic) bond motifs is 2. The summed E-state index contributed by atoms with van der Waals surface area (Å²) >= 11 is 0. The average Bonchev–Trinajstić information content (AvgIpc) is 3.70. The van der Waals surface area contributed by atoms with Gasteiger partial charge in [-0.05, 0) is 99.6 Å². The second-order valence-electron chi connectivity index (χ2n) is 12.7. The molecule has 4 fully saturated rings. The Kier molecular flexibility index (Phi) is 6.28. The van der Waals surface area contributed by atoms with Crippen molar-refractivity contribution < 1.29 is 9.59 Å². The number of rotatable bonds is 6. The van der Waals surface area contributed by atoms with Crippen LogP contribution in [-0.2, 0) is 9.59 Å². The third-order valence-electron chi connectivity index (χ3n) is 9.45. The standard InChI is InChI=1S/C34H36N6O2/c41-31(19-23-7-8-23)39-15-1-3-29(39)33-35-25-13-11-21(17-27(25)37-33)5-6-22-12-14-26-28(18-22)38-34(36-26)30-4-2-16-40(30)32(42)20-24-9-10-24/h11-14,17-18,23-24,29-30H,1-4,7-10,15-16,19-20H2,(H,35,37)(H,36,38)/t29-,30-/m0/s1. The molecule has 4 aromatic rings. The van der Waals surface area contributed by atoms with Crippen molar-refractivity contribution in [3.05, 3.63) is 59.2 Å². The number of H-pyrrole nitrogens is 2. The van der Waals surface area contributed by atoms with Gasteiger partial charge >= 0.3 is 0 Å². The van der Waals surface area contributed by atoms with Gasteiger partial charge in [0.05, 0.1) is 34.2 Å². The highest BCUT2D eigenvalue weighted by Gasteiger charge is 2.36. The van der Waals surface area contributed by atoms with E-state index in [9.17, 15) is 9.59 Å². The molecule has 2 aliphatic heterocycles. The molecule has 2 aromatic carbocycles. The number of carbonyl (C=O) groups excluding carboxylic acids is 2. The topological polar surface area (TPSA) is 98.0 Å². The number of hydrogen-bond acceptors (Lipinski definition) is 4. The summed E-state index contributed by atoms with van der Waals surface area (Å²) in [5, 5.41) is 0. The minimum Gasteiger partial charge on any atom is -0.340 e. The van der Waals surface area contributed by atoms with Crippen LogP contribution in [0.4, 0.5) is 0 Å². The monoisotopic (exact) mass is 560 g/mol. The number of nitrogens with one attached hydrogen (secondary N) is 2. The van der Waals surface area contributed by atoms with Crippen LogP contribution in [0, 0.1) is 23.7 Å². The minimum absolute atomic E-state index is 0.0382. The quantitative estimate of drug-likeness (QED) is 0.293. The van der Waals surface area contributed by atoms with Gasteiger partial charge in [0.1, 0.15) is 11.6 Å². The molecule has 0 bridgehead atoms. The van der Waals surface area contributed by atoms with E-state index in [1.165, 1.54) is 25.7 Å². The molecule has 0 unspecified atom stereocenters. The molecule has 0 radical (unpaired) electrons. The molecule has 4 heterocycles. The van der Waals surface area contributed by atoms with Gasteiger partial charge in [-0.25, -0.2) is 9.97 Å². The SMILES string of the molecule is O=C(CC1CC1)N1CCC[C@H]1c1nc2cc(C#Cc3ccc4nc([C@@H]5CCCN5C(=O)CC5CC5)[nH]c4c3)ccc2[nH]1. The summed E-state index contributed by atoms with van der Waals surface area (Å²) in [5.41, 5.74) is 5.51. The predicted molar refractivity (Wildman–Crippen MR) is 160 cm³/mol. The normalized spacial score (nSPS) is 22.2. The molecule has 8 nitrogen and oxygen atoms in total. The summed E-state index contributed by atoms with van der Waals surface area (Å²) in [7, 11) is 0. The van der Waals surface area contributed by atoms with Gasteiger partial charge < -0.3 is 19.8 Å². The fraction of sp³-hybridized carbons (Fsp3) is 0.471. The summed E-state index contributed by atoms with van der Waals surface area (Å²) in [5.74, 6) is 10.1. The van der Waals surface area contributed by atoms with Gasteiger partial charge in [0.25, 0.3) is 0 Å². The van der Waals surface area contributed by atoms with Crippen molar-refractivity contribution in [2.75, 3.05) is 13.1 Å². The Hall–Kier alpha value is -4.12. The van der Waals surface area contributed by atoms with Crippen molar-refractivity contribution in [3.63, 3.8) is 0 Å². The Balaban J connectivity index is 0.992. The first-order chi connectivity index (χ1) is 20.6. The van der Waals surface area contributed by atoms with Crippen LogP contribution in [-0.4, -0.2) is 54.6 Å². The van der Waals surface area contributed by atoms with Gasteiger partial charge in [0.2, 0.25) is 11.8 Å². The summed E-state index contributed by atoms with van der Waals surface area (Å²) < 4.78 is 0. The third-order valence-corrected chi connectivity index (χ3v) is 9.45. The highest BCUT2D eigenvalue weighted by atomic mass is 16.2. The van der Waals surface area contributed by atoms with Crippen LogP contribution >= 0.6 is 0 Å². The van der Waals surface area contributed by atoms with Crippen molar-refractivity contribution in [1.29, 1.82) is 0 Å². The van der Waals surface area contributed by atoms with E-state index in [0.29, 0.717) is 24.7 Å². The summed E-state index contributed by atoms with van der Waals surface area (Å²) in [4.78, 5) is 46.5. The van der Waals surface area contributed by atoms with Crippen LogP contribution in [0.25, 0.3) is 22.1 Å². The lowest BCUT2D eigenvalue weighted by Gasteiger charge is -2.23. The maximum atomic E-state index is 12.8. The molecule has 2 aliphatic carbocycles. The molecule has 2 saturated heterocycles. The Bertz CT molecular complexity index is 1620. The number of hydrogen-bond donors (Lipinski definition) is 2. The number of nitrogens with zero attached hydrogens (tertiary/aromatic N) is 4. The zero-order valence-corrected chi connectivity index (χ0v) is 23.9. The van der Waals surface area contributed by atoms with Gasteiger partial charge in [-0.15, -0.1) is 0 Å². The van der Waals surface area contributed by atoms with E-state index < -0.39 is 0 Å². The zero-order chi connectivity index (χ0) is 28.2. The Morgan fingerprint density at radius 3 is 1.86 bits per heavy atom. The van der Waals surface area contributed by atoms with Crippen molar-refractivity contribution in [1.82, 2.24) is 29.7 Å². The Morgan fingerprint density at radius 1 is 0.690 bits per heavy atom. The second kappa shape index (κ2) is 10.3. The van der Waals surface area contributed by atoms with Crippen molar-refractivity contribution in [3.8, 4) is 11.8 Å². The highest BCUT2D eigenvalue weighted by molar-refractivity contribution is 5.81. The molecule has 2 saturated carbocycles. The van der Waals surface area contributed by atoms with Gasteiger partial charge in [0.15, 0.2) is 0 Å². The molecule has 42 heavy (non-hydrogen) atoms. The largest absolute Gasteiger partial charge is 0.340 e. The first kappa shape index (κ1) is 25.6. The van der Waals surface area contributed by atoms with E-state index >= 15 is 0 Å². The van der Waals surface area contributed by atoms with Gasteiger partial charge in [-0.3, -0.25) is 9.59 Å². The lowest BCUT2D eigenvalue weighted by Crippen LogP contribution is -2.31. The zero-order valence-electron chi connectivity index (χ0n) is 23.9. The van der Waals surface area contributed by atoms with E-state index in [1.54, 1.807) is 0 Å². The highest BCUT2D eigenvalue weighted by Crippen LogP contribution is 2.38. The van der Waals surface area contributed by atoms with Crippen LogP contribution in [0.3, 0.4) is 0 Å². The predicted octanol–water partition coefficient (Wildman–Crippen LogP) is 5.77. The number of benzene rings is 2. The minimum atomic E-state index is 0.0382. The maximum Gasteiger partial charge on any atom is 0.223 e. The fourth-order valence-corrected chi connectivity index (χ4v) is 6.74. The first-order valence-electron chi connectivity index (χ1n) is 15.7. The smallest absolute Gasteiger partial charge is 0.223 e. The number of imidazole rings is 2. The molecule has 214 valence electrons. The Morgan fingerprint density at radius 2 is 1.24 bits per heavy atom. The second-order valence-corrected chi connectivity index (χ2v) is 12.7. The lowest BCUT2D eigenvalue weighted by atomic mass is 10.1. The van der Waals surface area contributed by atoms with Crippen molar-refractivity contribution in [2.24, 2.45) is 11.8 Å². The van der Waals surface area contributed by atoms with Gasteiger partial charge in [-0.2, -0.15) is 0 Å². The molecule has 2 amide bonds. The molecule has 8 rings (SSSR count). The number of aromatic amines is 2.